The lowest BCUT2D eigenvalue weighted by Gasteiger charge is -2.24. The number of pyridine rings is 1. The zero-order valence-electron chi connectivity index (χ0n) is 18.3. The average Bonchev–Trinajstić information content (AvgIpc) is 3.49. The van der Waals surface area contributed by atoms with Crippen molar-refractivity contribution in [3.8, 4) is 0 Å². The van der Waals surface area contributed by atoms with Gasteiger partial charge in [0.05, 0.1) is 22.6 Å². The predicted octanol–water partition coefficient (Wildman–Crippen LogP) is 3.31. The molecule has 10 heteroatoms. The van der Waals surface area contributed by atoms with Gasteiger partial charge < -0.3 is 20.5 Å². The molecule has 9 nitrogen and oxygen atoms in total. The Morgan fingerprint density at radius 1 is 1.27 bits per heavy atom. The Morgan fingerprint density at radius 3 is 3.06 bits per heavy atom. The summed E-state index contributed by atoms with van der Waals surface area (Å²) < 4.78 is 0. The summed E-state index contributed by atoms with van der Waals surface area (Å²) in [4.78, 5) is 34.7. The maximum Gasteiger partial charge on any atom is 0.219 e. The van der Waals surface area contributed by atoms with Crippen molar-refractivity contribution in [3.05, 3.63) is 47.6 Å². The SMILES string of the molecule is CCC(=O)NC1CCN(c2c(CCNc3ncnc4[nH]cnc34)cc(Cl)c3cccnc23)C1. The largest absolute Gasteiger partial charge is 0.368 e. The molecule has 0 bridgehead atoms. The molecule has 0 aliphatic carbocycles. The summed E-state index contributed by atoms with van der Waals surface area (Å²) in [6, 6.07) is 6.06. The standard InChI is InChI=1S/C23H25ClN8O/c1-2-18(33)31-15-6-9-32(11-15)21-14(10-17(24)16-4-3-7-25-19(16)21)5-8-26-22-20-23(28-12-27-20)30-13-29-22/h3-4,7,10,12-13,15H,2,5-6,8-9,11H2,1H3,(H,31,33)(H2,26,27,28,29,30). The molecule has 1 aromatic carbocycles. The van der Waals surface area contributed by atoms with Crippen LogP contribution in [0, 0.1) is 0 Å². The monoisotopic (exact) mass is 464 g/mol. The summed E-state index contributed by atoms with van der Waals surface area (Å²) >= 11 is 6.65. The van der Waals surface area contributed by atoms with E-state index in [1.807, 2.05) is 25.1 Å². The zero-order valence-corrected chi connectivity index (χ0v) is 19.1. The smallest absolute Gasteiger partial charge is 0.219 e. The van der Waals surface area contributed by atoms with Gasteiger partial charge in [0.2, 0.25) is 5.91 Å². The quantitative estimate of drug-likeness (QED) is 0.384. The van der Waals surface area contributed by atoms with Crippen LogP contribution in [-0.2, 0) is 11.2 Å². The van der Waals surface area contributed by atoms with E-state index in [0.29, 0.717) is 35.0 Å². The van der Waals surface area contributed by atoms with Gasteiger partial charge in [-0.05, 0) is 36.6 Å². The minimum absolute atomic E-state index is 0.0832. The van der Waals surface area contributed by atoms with Crippen molar-refractivity contribution in [2.24, 2.45) is 0 Å². The first-order valence-electron chi connectivity index (χ1n) is 11.1. The first-order chi connectivity index (χ1) is 16.1. The first-order valence-corrected chi connectivity index (χ1v) is 11.5. The number of nitrogens with one attached hydrogen (secondary N) is 3. The molecular formula is C23H25ClN8O. The number of carbonyl (C=O) groups excluding carboxylic acids is 1. The Balaban J connectivity index is 1.42. The van der Waals surface area contributed by atoms with Crippen LogP contribution in [0.1, 0.15) is 25.3 Å². The Labute approximate surface area is 196 Å². The predicted molar refractivity (Wildman–Crippen MR) is 130 cm³/mol. The number of imidazole rings is 1. The van der Waals surface area contributed by atoms with Crippen molar-refractivity contribution < 1.29 is 4.79 Å². The second kappa shape index (κ2) is 9.19. The van der Waals surface area contributed by atoms with Crippen molar-refractivity contribution in [2.75, 3.05) is 29.9 Å². The molecule has 0 saturated carbocycles. The molecule has 1 atom stereocenters. The number of hydrogen-bond donors (Lipinski definition) is 3. The highest BCUT2D eigenvalue weighted by Gasteiger charge is 2.27. The number of benzene rings is 1. The van der Waals surface area contributed by atoms with Gasteiger partial charge in [-0.1, -0.05) is 18.5 Å². The number of hydrogen-bond acceptors (Lipinski definition) is 7. The molecule has 0 radical (unpaired) electrons. The van der Waals surface area contributed by atoms with Crippen molar-refractivity contribution in [2.45, 2.75) is 32.2 Å². The molecule has 0 spiro atoms. The molecule has 5 rings (SSSR count). The molecule has 4 aromatic rings. The van der Waals surface area contributed by atoms with Crippen molar-refractivity contribution in [3.63, 3.8) is 0 Å². The third-order valence-corrected chi connectivity index (χ3v) is 6.30. The number of aromatic nitrogens is 5. The summed E-state index contributed by atoms with van der Waals surface area (Å²) in [6.07, 6.45) is 7.04. The minimum Gasteiger partial charge on any atom is -0.368 e. The first kappa shape index (κ1) is 21.4. The summed E-state index contributed by atoms with van der Waals surface area (Å²) in [7, 11) is 0. The molecular weight excluding hydrogens is 440 g/mol. The van der Waals surface area contributed by atoms with Crippen LogP contribution in [0.3, 0.4) is 0 Å². The van der Waals surface area contributed by atoms with Gasteiger partial charge in [0.15, 0.2) is 11.5 Å². The maximum absolute atomic E-state index is 11.9. The van der Waals surface area contributed by atoms with Crippen LogP contribution in [0.2, 0.25) is 5.02 Å². The molecule has 170 valence electrons. The molecule has 4 heterocycles. The van der Waals surface area contributed by atoms with E-state index < -0.39 is 0 Å². The van der Waals surface area contributed by atoms with Crippen molar-refractivity contribution in [1.29, 1.82) is 0 Å². The molecule has 3 aromatic heterocycles. The lowest BCUT2D eigenvalue weighted by atomic mass is 10.0. The van der Waals surface area contributed by atoms with E-state index in [1.54, 1.807) is 12.5 Å². The van der Waals surface area contributed by atoms with Crippen LogP contribution in [-0.4, -0.2) is 56.5 Å². The van der Waals surface area contributed by atoms with Crippen LogP contribution in [0.15, 0.2) is 37.1 Å². The fraction of sp³-hybridized carbons (Fsp3) is 0.348. The topological polar surface area (TPSA) is 112 Å². The van der Waals surface area contributed by atoms with E-state index in [2.05, 4.69) is 40.5 Å². The van der Waals surface area contributed by atoms with Gasteiger partial charge >= 0.3 is 0 Å². The molecule has 1 unspecified atom stereocenters. The fourth-order valence-electron chi connectivity index (χ4n) is 4.40. The Kier molecular flexibility index (Phi) is 5.95. The number of carbonyl (C=O) groups is 1. The Bertz CT molecular complexity index is 1310. The van der Waals surface area contributed by atoms with Gasteiger partial charge in [0.1, 0.15) is 11.8 Å². The van der Waals surface area contributed by atoms with Crippen LogP contribution >= 0.6 is 11.6 Å². The highest BCUT2D eigenvalue weighted by atomic mass is 35.5. The number of rotatable bonds is 7. The second-order valence-corrected chi connectivity index (χ2v) is 8.52. The van der Waals surface area contributed by atoms with Gasteiger partial charge in [-0.2, -0.15) is 0 Å². The number of aromatic amines is 1. The number of fused-ring (bicyclic) bond motifs is 2. The summed E-state index contributed by atoms with van der Waals surface area (Å²) in [6.45, 7) is 4.12. The Hall–Kier alpha value is -3.46. The number of nitrogens with zero attached hydrogens (tertiary/aromatic N) is 5. The van der Waals surface area contributed by atoms with E-state index in [4.69, 9.17) is 11.6 Å². The molecule has 33 heavy (non-hydrogen) atoms. The number of H-pyrrole nitrogens is 1. The highest BCUT2D eigenvalue weighted by molar-refractivity contribution is 6.36. The van der Waals surface area contributed by atoms with E-state index >= 15 is 0 Å². The molecule has 1 aliphatic rings. The highest BCUT2D eigenvalue weighted by Crippen LogP contribution is 2.36. The molecule has 3 N–H and O–H groups in total. The van der Waals surface area contributed by atoms with Crippen LogP contribution in [0.5, 0.6) is 0 Å². The van der Waals surface area contributed by atoms with E-state index in [9.17, 15) is 4.79 Å². The average molecular weight is 465 g/mol. The Morgan fingerprint density at radius 2 is 2.18 bits per heavy atom. The van der Waals surface area contributed by atoms with Crippen LogP contribution in [0.4, 0.5) is 11.5 Å². The zero-order chi connectivity index (χ0) is 22.8. The molecule has 1 saturated heterocycles. The maximum atomic E-state index is 11.9. The van der Waals surface area contributed by atoms with E-state index in [-0.39, 0.29) is 11.9 Å². The summed E-state index contributed by atoms with van der Waals surface area (Å²) in [5.74, 6) is 0.774. The van der Waals surface area contributed by atoms with Gasteiger partial charge in [0.25, 0.3) is 0 Å². The third-order valence-electron chi connectivity index (χ3n) is 5.99. The fourth-order valence-corrected chi connectivity index (χ4v) is 4.69. The van der Waals surface area contributed by atoms with Crippen molar-refractivity contribution in [1.82, 2.24) is 30.2 Å². The minimum atomic E-state index is 0.0832. The van der Waals surface area contributed by atoms with Crippen LogP contribution < -0.4 is 15.5 Å². The number of amides is 1. The lowest BCUT2D eigenvalue weighted by molar-refractivity contribution is -0.121. The summed E-state index contributed by atoms with van der Waals surface area (Å²) in [5.41, 5.74) is 4.48. The second-order valence-electron chi connectivity index (χ2n) is 8.12. The molecule has 1 amide bonds. The molecule has 1 aliphatic heterocycles. The normalized spacial score (nSPS) is 15.9. The number of halogens is 1. The van der Waals surface area contributed by atoms with Crippen LogP contribution in [0.25, 0.3) is 22.1 Å². The lowest BCUT2D eigenvalue weighted by Crippen LogP contribution is -2.36. The van der Waals surface area contributed by atoms with E-state index in [1.165, 1.54) is 6.33 Å². The van der Waals surface area contributed by atoms with Gasteiger partial charge in [0, 0.05) is 43.7 Å². The number of anilines is 2. The van der Waals surface area contributed by atoms with Gasteiger partial charge in [-0.15, -0.1) is 0 Å². The van der Waals surface area contributed by atoms with Crippen molar-refractivity contribution >= 4 is 51.1 Å². The van der Waals surface area contributed by atoms with Gasteiger partial charge in [-0.3, -0.25) is 9.78 Å². The summed E-state index contributed by atoms with van der Waals surface area (Å²) in [5, 5.41) is 8.12. The van der Waals surface area contributed by atoms with E-state index in [0.717, 1.165) is 48.1 Å². The molecule has 1 fully saturated rings. The van der Waals surface area contributed by atoms with Gasteiger partial charge in [-0.25, -0.2) is 15.0 Å². The third kappa shape index (κ3) is 4.28.